The summed E-state index contributed by atoms with van der Waals surface area (Å²) >= 11 is 0. The van der Waals surface area contributed by atoms with Gasteiger partial charge in [-0.3, -0.25) is 0 Å². The predicted molar refractivity (Wildman–Crippen MR) is 90.1 cm³/mol. The summed E-state index contributed by atoms with van der Waals surface area (Å²) in [5.74, 6) is 0. The highest BCUT2D eigenvalue weighted by molar-refractivity contribution is 5.73. The molecule has 0 saturated heterocycles. The van der Waals surface area contributed by atoms with E-state index < -0.39 is 0 Å². The quantitative estimate of drug-likeness (QED) is 0.774. The molecule has 0 fully saturated rings. The van der Waals surface area contributed by atoms with E-state index in [2.05, 4.69) is 48.2 Å². The van der Waals surface area contributed by atoms with Crippen molar-refractivity contribution in [1.29, 1.82) is 0 Å². The Morgan fingerprint density at radius 2 is 1.48 bits per heavy atom. The number of rotatable bonds is 2. The number of nitrogens with zero attached hydrogens (tertiary/aromatic N) is 1. The Bertz CT molecular complexity index is 623. The standard InChI is InChI=1S/C20H23N/c1-2-15-7-9-16(10-8-15)19-13-17-5-3-11-21-12-4-6-18(14-19)20(17)21/h7-10,13-14H,2-6,11-12H2,1H3. The third kappa shape index (κ3) is 2.25. The second kappa shape index (κ2) is 5.22. The summed E-state index contributed by atoms with van der Waals surface area (Å²) < 4.78 is 0. The normalized spacial score (nSPS) is 16.7. The molecule has 1 heteroatoms. The molecule has 2 aromatic rings. The van der Waals surface area contributed by atoms with Gasteiger partial charge in [-0.25, -0.2) is 0 Å². The van der Waals surface area contributed by atoms with Gasteiger partial charge in [0.05, 0.1) is 0 Å². The summed E-state index contributed by atoms with van der Waals surface area (Å²) in [5, 5.41) is 0. The summed E-state index contributed by atoms with van der Waals surface area (Å²) in [5.41, 5.74) is 8.93. The third-order valence-corrected chi connectivity index (χ3v) is 5.03. The number of hydrogen-bond donors (Lipinski definition) is 0. The largest absolute Gasteiger partial charge is 0.371 e. The van der Waals surface area contributed by atoms with Crippen LogP contribution in [0.4, 0.5) is 5.69 Å². The molecule has 0 radical (unpaired) electrons. The second-order valence-corrected chi connectivity index (χ2v) is 6.39. The molecule has 2 aromatic carbocycles. The Balaban J connectivity index is 1.79. The molecular formula is C20H23N. The zero-order valence-electron chi connectivity index (χ0n) is 12.9. The SMILES string of the molecule is CCc1ccc(-c2cc3c4c(c2)CCCN4CCC3)cc1. The van der Waals surface area contributed by atoms with Crippen molar-refractivity contribution in [3.8, 4) is 11.1 Å². The molecule has 108 valence electrons. The van der Waals surface area contributed by atoms with Gasteiger partial charge in [-0.05, 0) is 72.1 Å². The van der Waals surface area contributed by atoms with Crippen LogP contribution in [0.1, 0.15) is 36.5 Å². The van der Waals surface area contributed by atoms with Crippen LogP contribution in [0.15, 0.2) is 36.4 Å². The fourth-order valence-electron chi connectivity index (χ4n) is 3.90. The molecule has 2 aliphatic rings. The molecular weight excluding hydrogens is 254 g/mol. The molecule has 0 atom stereocenters. The van der Waals surface area contributed by atoms with Crippen LogP contribution in [-0.2, 0) is 19.3 Å². The van der Waals surface area contributed by atoms with E-state index in [4.69, 9.17) is 0 Å². The van der Waals surface area contributed by atoms with Crippen molar-refractivity contribution in [2.45, 2.75) is 39.0 Å². The van der Waals surface area contributed by atoms with Crippen LogP contribution in [0.25, 0.3) is 11.1 Å². The van der Waals surface area contributed by atoms with E-state index in [1.165, 1.54) is 55.5 Å². The van der Waals surface area contributed by atoms with Crippen molar-refractivity contribution < 1.29 is 0 Å². The summed E-state index contributed by atoms with van der Waals surface area (Å²) in [6.07, 6.45) is 6.24. The van der Waals surface area contributed by atoms with Gasteiger partial charge in [0, 0.05) is 18.8 Å². The number of aryl methyl sites for hydroxylation is 3. The average molecular weight is 277 g/mol. The highest BCUT2D eigenvalue weighted by atomic mass is 15.1. The fourth-order valence-corrected chi connectivity index (χ4v) is 3.90. The van der Waals surface area contributed by atoms with Crippen molar-refractivity contribution >= 4 is 5.69 Å². The molecule has 0 aromatic heterocycles. The fraction of sp³-hybridized carbons (Fsp3) is 0.400. The number of anilines is 1. The van der Waals surface area contributed by atoms with Gasteiger partial charge in [-0.2, -0.15) is 0 Å². The Kier molecular flexibility index (Phi) is 3.21. The molecule has 4 rings (SSSR count). The Morgan fingerprint density at radius 3 is 2.05 bits per heavy atom. The monoisotopic (exact) mass is 277 g/mol. The topological polar surface area (TPSA) is 3.24 Å². The first-order chi connectivity index (χ1) is 10.3. The highest BCUT2D eigenvalue weighted by Gasteiger charge is 2.24. The first-order valence-corrected chi connectivity index (χ1v) is 8.35. The van der Waals surface area contributed by atoms with E-state index in [1.807, 2.05) is 0 Å². The van der Waals surface area contributed by atoms with Gasteiger partial charge >= 0.3 is 0 Å². The lowest BCUT2D eigenvalue weighted by Gasteiger charge is -2.37. The number of hydrogen-bond acceptors (Lipinski definition) is 1. The summed E-state index contributed by atoms with van der Waals surface area (Å²) in [6.45, 7) is 4.72. The van der Waals surface area contributed by atoms with Crippen LogP contribution in [0, 0.1) is 0 Å². The minimum Gasteiger partial charge on any atom is -0.371 e. The summed E-state index contributed by atoms with van der Waals surface area (Å²) in [4.78, 5) is 2.61. The zero-order valence-corrected chi connectivity index (χ0v) is 12.9. The molecule has 0 saturated carbocycles. The van der Waals surface area contributed by atoms with Gasteiger partial charge < -0.3 is 4.90 Å². The van der Waals surface area contributed by atoms with Crippen LogP contribution in [0.5, 0.6) is 0 Å². The first-order valence-electron chi connectivity index (χ1n) is 8.35. The summed E-state index contributed by atoms with van der Waals surface area (Å²) in [7, 11) is 0. The molecule has 0 bridgehead atoms. The molecule has 2 aliphatic heterocycles. The Labute approximate surface area is 127 Å². The molecule has 21 heavy (non-hydrogen) atoms. The van der Waals surface area contributed by atoms with Gasteiger partial charge in [-0.1, -0.05) is 31.2 Å². The lowest BCUT2D eigenvalue weighted by atomic mass is 9.88. The van der Waals surface area contributed by atoms with Crippen LogP contribution in [0.2, 0.25) is 0 Å². The van der Waals surface area contributed by atoms with Crippen LogP contribution < -0.4 is 4.90 Å². The van der Waals surface area contributed by atoms with E-state index >= 15 is 0 Å². The van der Waals surface area contributed by atoms with Crippen molar-refractivity contribution in [2.75, 3.05) is 18.0 Å². The molecule has 0 spiro atoms. The van der Waals surface area contributed by atoms with E-state index in [9.17, 15) is 0 Å². The molecule has 1 nitrogen and oxygen atoms in total. The van der Waals surface area contributed by atoms with Crippen molar-refractivity contribution in [2.24, 2.45) is 0 Å². The van der Waals surface area contributed by atoms with E-state index in [1.54, 1.807) is 16.8 Å². The predicted octanol–water partition coefficient (Wildman–Crippen LogP) is 4.61. The van der Waals surface area contributed by atoms with Gasteiger partial charge in [-0.15, -0.1) is 0 Å². The smallest absolute Gasteiger partial charge is 0.0431 e. The van der Waals surface area contributed by atoms with Gasteiger partial charge in [0.1, 0.15) is 0 Å². The van der Waals surface area contributed by atoms with Crippen LogP contribution >= 0.6 is 0 Å². The lowest BCUT2D eigenvalue weighted by Crippen LogP contribution is -2.34. The Hall–Kier alpha value is -1.76. The molecule has 0 N–H and O–H groups in total. The second-order valence-electron chi connectivity index (χ2n) is 6.39. The zero-order chi connectivity index (χ0) is 14.2. The third-order valence-electron chi connectivity index (χ3n) is 5.03. The molecule has 0 amide bonds. The Morgan fingerprint density at radius 1 is 0.857 bits per heavy atom. The summed E-state index contributed by atoms with van der Waals surface area (Å²) in [6, 6.07) is 14.0. The minimum atomic E-state index is 1.12. The minimum absolute atomic E-state index is 1.12. The van der Waals surface area contributed by atoms with Crippen LogP contribution in [0.3, 0.4) is 0 Å². The van der Waals surface area contributed by atoms with Crippen molar-refractivity contribution in [3.05, 3.63) is 53.1 Å². The molecule has 0 unspecified atom stereocenters. The molecule has 2 heterocycles. The van der Waals surface area contributed by atoms with Crippen LogP contribution in [-0.4, -0.2) is 13.1 Å². The lowest BCUT2D eigenvalue weighted by molar-refractivity contribution is 0.634. The maximum absolute atomic E-state index is 2.61. The van der Waals surface area contributed by atoms with Crippen molar-refractivity contribution in [3.63, 3.8) is 0 Å². The van der Waals surface area contributed by atoms with E-state index in [-0.39, 0.29) is 0 Å². The van der Waals surface area contributed by atoms with E-state index in [0.29, 0.717) is 0 Å². The molecule has 0 aliphatic carbocycles. The van der Waals surface area contributed by atoms with Gasteiger partial charge in [0.25, 0.3) is 0 Å². The van der Waals surface area contributed by atoms with Gasteiger partial charge in [0.15, 0.2) is 0 Å². The highest BCUT2D eigenvalue weighted by Crippen LogP contribution is 2.38. The first kappa shape index (κ1) is 12.9. The number of benzene rings is 2. The van der Waals surface area contributed by atoms with E-state index in [0.717, 1.165) is 6.42 Å². The average Bonchev–Trinajstić information content (AvgIpc) is 2.55. The maximum atomic E-state index is 2.61. The van der Waals surface area contributed by atoms with Gasteiger partial charge in [0.2, 0.25) is 0 Å². The maximum Gasteiger partial charge on any atom is 0.0431 e. The van der Waals surface area contributed by atoms with Crippen molar-refractivity contribution in [1.82, 2.24) is 0 Å².